The van der Waals surface area contributed by atoms with Crippen molar-refractivity contribution in [3.8, 4) is 0 Å². The van der Waals surface area contributed by atoms with Gasteiger partial charge in [-0.25, -0.2) is 0 Å². The second-order valence-corrected chi connectivity index (χ2v) is 4.26. The summed E-state index contributed by atoms with van der Waals surface area (Å²) in [5.41, 5.74) is 2.82. The number of hydrogen-bond donors (Lipinski definition) is 1. The number of rotatable bonds is 2. The van der Waals surface area contributed by atoms with Gasteiger partial charge in [0.2, 0.25) is 0 Å². The third-order valence-corrected chi connectivity index (χ3v) is 3.05. The van der Waals surface area contributed by atoms with Crippen LogP contribution in [0.25, 0.3) is 0 Å². The molecule has 84 valence electrons. The van der Waals surface area contributed by atoms with Gasteiger partial charge >= 0.3 is 0 Å². The van der Waals surface area contributed by atoms with Crippen LogP contribution in [0.15, 0.2) is 36.0 Å². The molecule has 1 atom stereocenters. The Morgan fingerprint density at radius 2 is 2.20 bits per heavy atom. The fourth-order valence-electron chi connectivity index (χ4n) is 2.14. The van der Waals surface area contributed by atoms with Gasteiger partial charge in [-0.05, 0) is 43.4 Å². The van der Waals surface area contributed by atoms with Crippen LogP contribution in [-0.2, 0) is 0 Å². The first-order valence-corrected chi connectivity index (χ1v) is 5.98. The summed E-state index contributed by atoms with van der Waals surface area (Å²) >= 11 is 0. The van der Waals surface area contributed by atoms with Crippen molar-refractivity contribution < 1.29 is 0 Å². The van der Waals surface area contributed by atoms with Crippen molar-refractivity contribution in [3.05, 3.63) is 36.0 Å². The highest BCUT2D eigenvalue weighted by atomic mass is 14.8. The SMILES string of the molecule is C=C/C1=C(\C=C/C)[C@@H](C)CCCCNC1. The fraction of sp³-hybridized carbons (Fsp3) is 0.571. The van der Waals surface area contributed by atoms with E-state index in [-0.39, 0.29) is 0 Å². The topological polar surface area (TPSA) is 12.0 Å². The van der Waals surface area contributed by atoms with Crippen molar-refractivity contribution in [2.45, 2.75) is 33.1 Å². The Kier molecular flexibility index (Phi) is 5.41. The van der Waals surface area contributed by atoms with E-state index in [1.165, 1.54) is 30.4 Å². The Labute approximate surface area is 94.0 Å². The Hall–Kier alpha value is -0.820. The van der Waals surface area contributed by atoms with Crippen molar-refractivity contribution >= 4 is 0 Å². The van der Waals surface area contributed by atoms with Crippen molar-refractivity contribution in [3.63, 3.8) is 0 Å². The highest BCUT2D eigenvalue weighted by molar-refractivity contribution is 5.35. The molecular formula is C14H23N. The minimum Gasteiger partial charge on any atom is -0.313 e. The van der Waals surface area contributed by atoms with E-state index >= 15 is 0 Å². The smallest absolute Gasteiger partial charge is 0.0208 e. The fourth-order valence-corrected chi connectivity index (χ4v) is 2.14. The van der Waals surface area contributed by atoms with Gasteiger partial charge < -0.3 is 5.32 Å². The van der Waals surface area contributed by atoms with E-state index in [1.807, 2.05) is 6.08 Å². The van der Waals surface area contributed by atoms with Gasteiger partial charge in [-0.15, -0.1) is 0 Å². The number of allylic oxidation sites excluding steroid dienone is 3. The summed E-state index contributed by atoms with van der Waals surface area (Å²) in [4.78, 5) is 0. The van der Waals surface area contributed by atoms with Crippen LogP contribution in [-0.4, -0.2) is 13.1 Å². The van der Waals surface area contributed by atoms with Crippen molar-refractivity contribution in [1.29, 1.82) is 0 Å². The van der Waals surface area contributed by atoms with Gasteiger partial charge in [-0.2, -0.15) is 0 Å². The summed E-state index contributed by atoms with van der Waals surface area (Å²) < 4.78 is 0. The molecule has 0 aromatic carbocycles. The Morgan fingerprint density at radius 3 is 2.87 bits per heavy atom. The maximum absolute atomic E-state index is 3.92. The zero-order valence-corrected chi connectivity index (χ0v) is 10.1. The molecule has 0 fully saturated rings. The predicted octanol–water partition coefficient (Wildman–Crippen LogP) is 3.45. The lowest BCUT2D eigenvalue weighted by molar-refractivity contribution is 0.562. The first kappa shape index (κ1) is 12.3. The second-order valence-electron chi connectivity index (χ2n) is 4.26. The lowest BCUT2D eigenvalue weighted by atomic mass is 9.91. The molecule has 1 rings (SSSR count). The Bertz CT molecular complexity index is 261. The van der Waals surface area contributed by atoms with Gasteiger partial charge in [0.15, 0.2) is 0 Å². The van der Waals surface area contributed by atoms with E-state index in [4.69, 9.17) is 0 Å². The Balaban J connectivity index is 2.93. The monoisotopic (exact) mass is 205 g/mol. The minimum atomic E-state index is 0.661. The zero-order chi connectivity index (χ0) is 11.1. The molecular weight excluding hydrogens is 182 g/mol. The summed E-state index contributed by atoms with van der Waals surface area (Å²) in [6.07, 6.45) is 10.3. The quantitative estimate of drug-likeness (QED) is 0.728. The first-order valence-electron chi connectivity index (χ1n) is 5.98. The highest BCUT2D eigenvalue weighted by Crippen LogP contribution is 2.23. The molecule has 0 amide bonds. The van der Waals surface area contributed by atoms with Crippen LogP contribution in [0.3, 0.4) is 0 Å². The third-order valence-electron chi connectivity index (χ3n) is 3.05. The third kappa shape index (κ3) is 3.67. The normalized spacial score (nSPS) is 29.6. The lowest BCUT2D eigenvalue weighted by Gasteiger charge is -2.15. The molecule has 0 saturated carbocycles. The Morgan fingerprint density at radius 1 is 1.40 bits per heavy atom. The van der Waals surface area contributed by atoms with Crippen molar-refractivity contribution in [1.82, 2.24) is 5.32 Å². The molecule has 0 aromatic heterocycles. The summed E-state index contributed by atoms with van der Waals surface area (Å²) in [7, 11) is 0. The molecule has 0 aromatic rings. The van der Waals surface area contributed by atoms with Crippen LogP contribution in [0.5, 0.6) is 0 Å². The average molecular weight is 205 g/mol. The molecule has 0 spiro atoms. The van der Waals surface area contributed by atoms with Crippen LogP contribution in [0.4, 0.5) is 0 Å². The maximum Gasteiger partial charge on any atom is 0.0208 e. The van der Waals surface area contributed by atoms with E-state index in [0.29, 0.717) is 5.92 Å². The molecule has 1 heteroatoms. The highest BCUT2D eigenvalue weighted by Gasteiger charge is 2.11. The van der Waals surface area contributed by atoms with Crippen LogP contribution >= 0.6 is 0 Å². The van der Waals surface area contributed by atoms with E-state index in [1.54, 1.807) is 0 Å². The van der Waals surface area contributed by atoms with Gasteiger partial charge in [0.1, 0.15) is 0 Å². The number of hydrogen-bond acceptors (Lipinski definition) is 1. The van der Waals surface area contributed by atoms with Crippen LogP contribution < -0.4 is 5.32 Å². The van der Waals surface area contributed by atoms with Crippen LogP contribution in [0.2, 0.25) is 0 Å². The molecule has 1 aliphatic heterocycles. The van der Waals surface area contributed by atoms with Gasteiger partial charge in [-0.3, -0.25) is 0 Å². The summed E-state index contributed by atoms with van der Waals surface area (Å²) in [5, 5.41) is 3.47. The van der Waals surface area contributed by atoms with Gasteiger partial charge in [0.25, 0.3) is 0 Å². The first-order chi connectivity index (χ1) is 7.29. The van der Waals surface area contributed by atoms with Crippen LogP contribution in [0, 0.1) is 5.92 Å². The van der Waals surface area contributed by atoms with E-state index < -0.39 is 0 Å². The molecule has 0 radical (unpaired) electrons. The van der Waals surface area contributed by atoms with Crippen molar-refractivity contribution in [2.24, 2.45) is 5.92 Å². The molecule has 1 heterocycles. The zero-order valence-electron chi connectivity index (χ0n) is 10.1. The average Bonchev–Trinajstić information content (AvgIpc) is 2.32. The van der Waals surface area contributed by atoms with Gasteiger partial charge in [0.05, 0.1) is 0 Å². The molecule has 1 N–H and O–H groups in total. The van der Waals surface area contributed by atoms with Gasteiger partial charge in [0, 0.05) is 6.54 Å². The summed E-state index contributed by atoms with van der Waals surface area (Å²) in [5.74, 6) is 0.661. The largest absolute Gasteiger partial charge is 0.313 e. The van der Waals surface area contributed by atoms with Crippen molar-refractivity contribution in [2.75, 3.05) is 13.1 Å². The maximum atomic E-state index is 3.92. The molecule has 15 heavy (non-hydrogen) atoms. The molecule has 0 saturated heterocycles. The predicted molar refractivity (Wildman–Crippen MR) is 67.9 cm³/mol. The number of nitrogens with one attached hydrogen (secondary N) is 1. The molecule has 1 nitrogen and oxygen atoms in total. The van der Waals surface area contributed by atoms with E-state index in [9.17, 15) is 0 Å². The molecule has 0 bridgehead atoms. The minimum absolute atomic E-state index is 0.661. The van der Waals surface area contributed by atoms with Crippen LogP contribution in [0.1, 0.15) is 33.1 Å². The molecule has 0 aliphatic carbocycles. The summed E-state index contributed by atoms with van der Waals surface area (Å²) in [6, 6.07) is 0. The molecule has 1 aliphatic rings. The summed E-state index contributed by atoms with van der Waals surface area (Å²) in [6.45, 7) is 10.4. The lowest BCUT2D eigenvalue weighted by Crippen LogP contribution is -2.18. The standard InChI is InChI=1S/C14H23N/c1-4-8-14-12(3)9-6-7-10-15-11-13(14)5-2/h4-5,8,12,15H,2,6-7,9-11H2,1,3H3/b8-4-,14-13-/t12-/m0/s1. The second kappa shape index (κ2) is 6.62. The van der Waals surface area contributed by atoms with E-state index in [2.05, 4.69) is 37.9 Å². The van der Waals surface area contributed by atoms with E-state index in [0.717, 1.165) is 13.1 Å². The van der Waals surface area contributed by atoms with Gasteiger partial charge in [-0.1, -0.05) is 38.2 Å². The molecule has 0 unspecified atom stereocenters.